The van der Waals surface area contributed by atoms with Crippen molar-refractivity contribution >= 4 is 5.91 Å². The Morgan fingerprint density at radius 2 is 2.09 bits per heavy atom. The van der Waals surface area contributed by atoms with E-state index < -0.39 is 6.10 Å². The zero-order chi connectivity index (χ0) is 16.7. The molecule has 128 valence electrons. The Labute approximate surface area is 138 Å². The van der Waals surface area contributed by atoms with Crippen LogP contribution in [-0.2, 0) is 11.2 Å². The quantitative estimate of drug-likeness (QED) is 0.667. The molecule has 0 aliphatic carbocycles. The molecule has 2 rings (SSSR count). The summed E-state index contributed by atoms with van der Waals surface area (Å²) in [5.74, 6) is 0.0242. The van der Waals surface area contributed by atoms with Gasteiger partial charge < -0.3 is 15.5 Å². The number of aliphatic hydroxyl groups is 2. The highest BCUT2D eigenvalue weighted by Crippen LogP contribution is 2.24. The largest absolute Gasteiger partial charge is 0.395 e. The molecule has 0 radical (unpaired) electrons. The maximum atomic E-state index is 11.5. The number of carbonyl (C=O) groups is 1. The molecule has 1 aliphatic heterocycles. The molecule has 3 N–H and O–H groups in total. The zero-order valence-corrected chi connectivity index (χ0v) is 13.8. The van der Waals surface area contributed by atoms with Crippen molar-refractivity contribution < 1.29 is 15.0 Å². The lowest BCUT2D eigenvalue weighted by Crippen LogP contribution is -2.46. The van der Waals surface area contributed by atoms with Crippen molar-refractivity contribution in [3.63, 3.8) is 0 Å². The normalized spacial score (nSPS) is 24.7. The summed E-state index contributed by atoms with van der Waals surface area (Å²) in [7, 11) is 0. The van der Waals surface area contributed by atoms with Crippen LogP contribution in [0.2, 0.25) is 0 Å². The van der Waals surface area contributed by atoms with Gasteiger partial charge in [0.2, 0.25) is 5.91 Å². The molecule has 0 unspecified atom stereocenters. The van der Waals surface area contributed by atoms with E-state index in [-0.39, 0.29) is 24.6 Å². The van der Waals surface area contributed by atoms with E-state index in [1.165, 1.54) is 5.56 Å². The van der Waals surface area contributed by atoms with Gasteiger partial charge in [-0.2, -0.15) is 0 Å². The summed E-state index contributed by atoms with van der Waals surface area (Å²) in [4.78, 5) is 13.6. The van der Waals surface area contributed by atoms with E-state index in [9.17, 15) is 15.0 Å². The number of benzene rings is 1. The topological polar surface area (TPSA) is 72.8 Å². The minimum absolute atomic E-state index is 0.0242. The molecule has 5 nitrogen and oxygen atoms in total. The fraction of sp³-hybridized carbons (Fsp3) is 0.611. The van der Waals surface area contributed by atoms with Gasteiger partial charge in [0.25, 0.3) is 0 Å². The van der Waals surface area contributed by atoms with Gasteiger partial charge in [-0.3, -0.25) is 9.69 Å². The van der Waals surface area contributed by atoms with Crippen LogP contribution < -0.4 is 5.32 Å². The fourth-order valence-electron chi connectivity index (χ4n) is 3.31. The number of aliphatic hydroxyl groups excluding tert-OH is 2. The third-order valence-electron chi connectivity index (χ3n) is 4.62. The third-order valence-corrected chi connectivity index (χ3v) is 4.62. The molecule has 0 saturated carbocycles. The lowest BCUT2D eigenvalue weighted by Gasteiger charge is -2.29. The molecule has 5 heteroatoms. The average Bonchev–Trinajstić information content (AvgIpc) is 2.88. The van der Waals surface area contributed by atoms with Crippen LogP contribution in [0.5, 0.6) is 0 Å². The Bertz CT molecular complexity index is 480. The molecule has 1 amide bonds. The van der Waals surface area contributed by atoms with E-state index in [0.29, 0.717) is 19.4 Å². The number of carbonyl (C=O) groups excluding carboxylic acids is 1. The number of hydrogen-bond donors (Lipinski definition) is 3. The number of nitrogens with one attached hydrogen (secondary N) is 1. The van der Waals surface area contributed by atoms with Crippen molar-refractivity contribution in [1.29, 1.82) is 0 Å². The number of amides is 1. The van der Waals surface area contributed by atoms with E-state index in [0.717, 1.165) is 19.4 Å². The van der Waals surface area contributed by atoms with Crippen molar-refractivity contribution in [2.75, 3.05) is 19.7 Å². The number of nitrogens with zero attached hydrogens (tertiary/aromatic N) is 1. The van der Waals surface area contributed by atoms with E-state index in [1.54, 1.807) is 0 Å². The van der Waals surface area contributed by atoms with Gasteiger partial charge in [0.15, 0.2) is 0 Å². The Morgan fingerprint density at radius 3 is 2.74 bits per heavy atom. The Balaban J connectivity index is 1.89. The summed E-state index contributed by atoms with van der Waals surface area (Å²) in [5, 5.41) is 22.6. The van der Waals surface area contributed by atoms with Crippen molar-refractivity contribution in [3.05, 3.63) is 35.9 Å². The summed E-state index contributed by atoms with van der Waals surface area (Å²) in [6, 6.07) is 10.2. The Hall–Kier alpha value is -1.43. The molecular formula is C18H28N2O3. The SMILES string of the molecule is CCC(=O)NC[C@@H]1C[C@H](O)[C@@H](CO)N1CCCc1ccccc1. The molecule has 0 spiro atoms. The van der Waals surface area contributed by atoms with E-state index in [2.05, 4.69) is 22.3 Å². The summed E-state index contributed by atoms with van der Waals surface area (Å²) in [6.45, 7) is 3.12. The lowest BCUT2D eigenvalue weighted by atomic mass is 10.1. The standard InChI is InChI=1S/C18H28N2O3/c1-2-18(23)19-12-15-11-17(22)16(13-21)20(15)10-6-9-14-7-4-3-5-8-14/h3-5,7-8,15-17,21-22H,2,6,9-13H2,1H3,(H,19,23)/t15-,16+,17-/m0/s1. The second-order valence-electron chi connectivity index (χ2n) is 6.19. The first-order valence-electron chi connectivity index (χ1n) is 8.51. The molecule has 1 heterocycles. The molecule has 1 aromatic rings. The van der Waals surface area contributed by atoms with E-state index >= 15 is 0 Å². The molecule has 0 bridgehead atoms. The van der Waals surface area contributed by atoms with Gasteiger partial charge in [-0.25, -0.2) is 0 Å². The number of rotatable bonds is 8. The maximum Gasteiger partial charge on any atom is 0.219 e. The number of aryl methyl sites for hydroxylation is 1. The van der Waals surface area contributed by atoms with Gasteiger partial charge in [0.1, 0.15) is 0 Å². The Kier molecular flexibility index (Phi) is 7.02. The molecule has 1 aliphatic rings. The fourth-order valence-corrected chi connectivity index (χ4v) is 3.31. The highest BCUT2D eigenvalue weighted by Gasteiger charge is 2.39. The van der Waals surface area contributed by atoms with Crippen LogP contribution in [0.3, 0.4) is 0 Å². The maximum absolute atomic E-state index is 11.5. The van der Waals surface area contributed by atoms with Crippen LogP contribution in [0.15, 0.2) is 30.3 Å². The van der Waals surface area contributed by atoms with Gasteiger partial charge in [0.05, 0.1) is 18.8 Å². The van der Waals surface area contributed by atoms with Gasteiger partial charge in [-0.15, -0.1) is 0 Å². The summed E-state index contributed by atoms with van der Waals surface area (Å²) < 4.78 is 0. The molecule has 3 atom stereocenters. The highest BCUT2D eigenvalue weighted by molar-refractivity contribution is 5.75. The monoisotopic (exact) mass is 320 g/mol. The second kappa shape index (κ2) is 9.01. The van der Waals surface area contributed by atoms with Gasteiger partial charge >= 0.3 is 0 Å². The average molecular weight is 320 g/mol. The summed E-state index contributed by atoms with van der Waals surface area (Å²) >= 11 is 0. The second-order valence-corrected chi connectivity index (χ2v) is 6.19. The smallest absolute Gasteiger partial charge is 0.219 e. The third kappa shape index (κ3) is 5.03. The lowest BCUT2D eigenvalue weighted by molar-refractivity contribution is -0.121. The van der Waals surface area contributed by atoms with Crippen LogP contribution in [0.25, 0.3) is 0 Å². The first kappa shape index (κ1) is 17.9. The van der Waals surface area contributed by atoms with Crippen molar-refractivity contribution in [3.8, 4) is 0 Å². The summed E-state index contributed by atoms with van der Waals surface area (Å²) in [5.41, 5.74) is 1.30. The minimum Gasteiger partial charge on any atom is -0.395 e. The van der Waals surface area contributed by atoms with E-state index in [4.69, 9.17) is 0 Å². The predicted molar refractivity (Wildman–Crippen MR) is 90.1 cm³/mol. The van der Waals surface area contributed by atoms with Crippen molar-refractivity contribution in [2.24, 2.45) is 0 Å². The van der Waals surface area contributed by atoms with Crippen LogP contribution in [-0.4, -0.2) is 58.9 Å². The minimum atomic E-state index is -0.528. The number of hydrogen-bond acceptors (Lipinski definition) is 4. The Morgan fingerprint density at radius 1 is 1.35 bits per heavy atom. The van der Waals surface area contributed by atoms with Crippen LogP contribution in [0.1, 0.15) is 31.7 Å². The first-order chi connectivity index (χ1) is 11.2. The van der Waals surface area contributed by atoms with Gasteiger partial charge in [-0.05, 0) is 31.4 Å². The molecule has 23 heavy (non-hydrogen) atoms. The van der Waals surface area contributed by atoms with Gasteiger partial charge in [-0.1, -0.05) is 37.3 Å². The summed E-state index contributed by atoms with van der Waals surface area (Å²) in [6.07, 6.45) is 2.47. The molecule has 1 fully saturated rings. The molecule has 0 aromatic heterocycles. The number of likely N-dealkylation sites (tertiary alicyclic amines) is 1. The highest BCUT2D eigenvalue weighted by atomic mass is 16.3. The molecule has 1 saturated heterocycles. The van der Waals surface area contributed by atoms with Crippen LogP contribution >= 0.6 is 0 Å². The first-order valence-corrected chi connectivity index (χ1v) is 8.51. The van der Waals surface area contributed by atoms with Crippen molar-refractivity contribution in [2.45, 2.75) is 50.8 Å². The zero-order valence-electron chi connectivity index (χ0n) is 13.8. The van der Waals surface area contributed by atoms with Crippen molar-refractivity contribution in [1.82, 2.24) is 10.2 Å². The van der Waals surface area contributed by atoms with Crippen LogP contribution in [0.4, 0.5) is 0 Å². The van der Waals surface area contributed by atoms with Gasteiger partial charge in [0, 0.05) is 19.0 Å². The predicted octanol–water partition coefficient (Wildman–Crippen LogP) is 0.942. The van der Waals surface area contributed by atoms with Crippen LogP contribution in [0, 0.1) is 0 Å². The van der Waals surface area contributed by atoms with E-state index in [1.807, 2.05) is 25.1 Å². The molecular weight excluding hydrogens is 292 g/mol. The molecule has 1 aromatic carbocycles.